The molecule has 1 aromatic carbocycles. The second-order valence-corrected chi connectivity index (χ2v) is 6.86. The largest absolute Gasteiger partial charge is 0.396 e. The van der Waals surface area contributed by atoms with E-state index < -0.39 is 27.8 Å². The Morgan fingerprint density at radius 2 is 1.86 bits per heavy atom. The first kappa shape index (κ1) is 17.4. The minimum Gasteiger partial charge on any atom is -0.396 e. The van der Waals surface area contributed by atoms with Crippen molar-refractivity contribution < 1.29 is 17.6 Å². The minimum absolute atomic E-state index is 0.104. The van der Waals surface area contributed by atoms with Gasteiger partial charge in [0.15, 0.2) is 0 Å². The maximum absolute atomic E-state index is 13.4. The SMILES string of the molecule is Cc1cc(S(=O)(=O)NC(C)C(=O)NC(C)C)cc(N)c1F. The molecule has 0 aromatic heterocycles. The number of anilines is 1. The number of benzene rings is 1. The van der Waals surface area contributed by atoms with Gasteiger partial charge in [0.2, 0.25) is 15.9 Å². The lowest BCUT2D eigenvalue weighted by Crippen LogP contribution is -2.46. The van der Waals surface area contributed by atoms with Crippen molar-refractivity contribution >= 4 is 21.6 Å². The van der Waals surface area contributed by atoms with Crippen molar-refractivity contribution in [2.75, 3.05) is 5.73 Å². The summed E-state index contributed by atoms with van der Waals surface area (Å²) in [5.74, 6) is -1.10. The second-order valence-electron chi connectivity index (χ2n) is 5.15. The molecule has 0 saturated carbocycles. The van der Waals surface area contributed by atoms with Gasteiger partial charge in [-0.05, 0) is 45.4 Å². The molecule has 0 fully saturated rings. The summed E-state index contributed by atoms with van der Waals surface area (Å²) in [6.45, 7) is 6.38. The molecule has 1 atom stereocenters. The van der Waals surface area contributed by atoms with Crippen LogP contribution in [0.25, 0.3) is 0 Å². The fourth-order valence-corrected chi connectivity index (χ4v) is 3.00. The Balaban J connectivity index is 2.99. The quantitative estimate of drug-likeness (QED) is 0.702. The van der Waals surface area contributed by atoms with E-state index in [9.17, 15) is 17.6 Å². The molecule has 4 N–H and O–H groups in total. The Bertz CT molecular complexity index is 621. The number of amides is 1. The molecule has 0 heterocycles. The number of hydrogen-bond acceptors (Lipinski definition) is 4. The molecule has 1 aromatic rings. The van der Waals surface area contributed by atoms with E-state index in [-0.39, 0.29) is 22.2 Å². The number of nitrogen functional groups attached to an aromatic ring is 1. The summed E-state index contributed by atoms with van der Waals surface area (Å²) in [6, 6.07) is 1.14. The predicted molar refractivity (Wildman–Crippen MR) is 78.6 cm³/mol. The van der Waals surface area contributed by atoms with E-state index in [4.69, 9.17) is 5.73 Å². The van der Waals surface area contributed by atoms with Crippen molar-refractivity contribution in [3.63, 3.8) is 0 Å². The lowest BCUT2D eigenvalue weighted by molar-refractivity contribution is -0.122. The summed E-state index contributed by atoms with van der Waals surface area (Å²) in [5.41, 5.74) is 5.29. The first-order chi connectivity index (χ1) is 9.54. The number of nitrogens with one attached hydrogen (secondary N) is 2. The number of rotatable bonds is 5. The fourth-order valence-electron chi connectivity index (χ4n) is 1.68. The Morgan fingerprint density at radius 1 is 1.29 bits per heavy atom. The zero-order valence-electron chi connectivity index (χ0n) is 12.4. The summed E-state index contributed by atoms with van der Waals surface area (Å²) in [6.07, 6.45) is 0. The van der Waals surface area contributed by atoms with Gasteiger partial charge in [-0.25, -0.2) is 12.8 Å². The minimum atomic E-state index is -3.96. The Morgan fingerprint density at radius 3 is 2.33 bits per heavy atom. The van der Waals surface area contributed by atoms with Crippen LogP contribution in [-0.4, -0.2) is 26.4 Å². The first-order valence-electron chi connectivity index (χ1n) is 6.43. The second kappa shape index (κ2) is 6.40. The Kier molecular flexibility index (Phi) is 5.30. The third kappa shape index (κ3) is 4.40. The molecule has 118 valence electrons. The highest BCUT2D eigenvalue weighted by atomic mass is 32.2. The fraction of sp³-hybridized carbons (Fsp3) is 0.462. The number of halogens is 1. The van der Waals surface area contributed by atoms with Gasteiger partial charge in [0.25, 0.3) is 0 Å². The van der Waals surface area contributed by atoms with Crippen LogP contribution in [0.4, 0.5) is 10.1 Å². The predicted octanol–water partition coefficient (Wildman–Crippen LogP) is 0.908. The maximum atomic E-state index is 13.4. The number of hydrogen-bond donors (Lipinski definition) is 3. The summed E-state index contributed by atoms with van der Waals surface area (Å²) in [7, 11) is -3.96. The van der Waals surface area contributed by atoms with Crippen molar-refractivity contribution in [1.29, 1.82) is 0 Å². The zero-order chi connectivity index (χ0) is 16.4. The molecule has 1 unspecified atom stereocenters. The molecule has 8 heteroatoms. The smallest absolute Gasteiger partial charge is 0.241 e. The third-order valence-electron chi connectivity index (χ3n) is 2.72. The average molecular weight is 317 g/mol. The van der Waals surface area contributed by atoms with Crippen LogP contribution in [0.2, 0.25) is 0 Å². The number of sulfonamides is 1. The van der Waals surface area contributed by atoms with E-state index in [1.807, 2.05) is 0 Å². The van der Waals surface area contributed by atoms with Crippen molar-refractivity contribution in [3.05, 3.63) is 23.5 Å². The molecule has 0 aliphatic heterocycles. The van der Waals surface area contributed by atoms with Crippen LogP contribution in [-0.2, 0) is 14.8 Å². The van der Waals surface area contributed by atoms with Crippen molar-refractivity contribution in [2.24, 2.45) is 0 Å². The summed E-state index contributed by atoms with van der Waals surface area (Å²) >= 11 is 0. The lowest BCUT2D eigenvalue weighted by Gasteiger charge is -2.16. The number of nitrogens with two attached hydrogens (primary N) is 1. The molecule has 1 amide bonds. The Labute approximate surface area is 124 Å². The summed E-state index contributed by atoms with van der Waals surface area (Å²) in [5, 5.41) is 2.60. The molecule has 0 aliphatic rings. The van der Waals surface area contributed by atoms with E-state index >= 15 is 0 Å². The monoisotopic (exact) mass is 317 g/mol. The van der Waals surface area contributed by atoms with Gasteiger partial charge in [0.05, 0.1) is 16.6 Å². The molecule has 21 heavy (non-hydrogen) atoms. The number of carbonyl (C=O) groups excluding carboxylic acids is 1. The molecule has 1 rings (SSSR count). The van der Waals surface area contributed by atoms with Gasteiger partial charge in [0, 0.05) is 6.04 Å². The third-order valence-corrected chi connectivity index (χ3v) is 4.24. The molecule has 0 spiro atoms. The van der Waals surface area contributed by atoms with Gasteiger partial charge in [-0.15, -0.1) is 0 Å². The molecular formula is C13H20FN3O3S. The lowest BCUT2D eigenvalue weighted by atomic mass is 10.2. The number of aryl methyl sites for hydroxylation is 1. The topological polar surface area (TPSA) is 101 Å². The van der Waals surface area contributed by atoms with Gasteiger partial charge in [0.1, 0.15) is 5.82 Å². The molecular weight excluding hydrogens is 297 g/mol. The van der Waals surface area contributed by atoms with Crippen molar-refractivity contribution in [1.82, 2.24) is 10.0 Å². The standard InChI is InChI=1S/C13H20FN3O3S/c1-7(2)16-13(18)9(4)17-21(19,20)10-5-8(3)12(14)11(15)6-10/h5-7,9,17H,15H2,1-4H3,(H,16,18). The van der Waals surface area contributed by atoms with Gasteiger partial charge < -0.3 is 11.1 Å². The van der Waals surface area contributed by atoms with E-state index in [1.54, 1.807) is 13.8 Å². The molecule has 0 radical (unpaired) electrons. The van der Waals surface area contributed by atoms with Crippen LogP contribution in [0, 0.1) is 12.7 Å². The average Bonchev–Trinajstić information content (AvgIpc) is 2.33. The van der Waals surface area contributed by atoms with E-state index in [2.05, 4.69) is 10.0 Å². The van der Waals surface area contributed by atoms with Crippen LogP contribution in [0.1, 0.15) is 26.3 Å². The van der Waals surface area contributed by atoms with E-state index in [0.717, 1.165) is 6.07 Å². The van der Waals surface area contributed by atoms with Crippen LogP contribution in [0.3, 0.4) is 0 Å². The molecule has 6 nitrogen and oxygen atoms in total. The van der Waals surface area contributed by atoms with Crippen molar-refractivity contribution in [2.45, 2.75) is 44.7 Å². The molecule has 0 bridgehead atoms. The van der Waals surface area contributed by atoms with Gasteiger partial charge in [-0.2, -0.15) is 4.72 Å². The summed E-state index contributed by atoms with van der Waals surface area (Å²) < 4.78 is 40.0. The van der Waals surface area contributed by atoms with Crippen LogP contribution < -0.4 is 15.8 Å². The molecule has 0 saturated heterocycles. The van der Waals surface area contributed by atoms with Crippen LogP contribution in [0.5, 0.6) is 0 Å². The van der Waals surface area contributed by atoms with E-state index in [0.29, 0.717) is 0 Å². The highest BCUT2D eigenvalue weighted by molar-refractivity contribution is 7.89. The summed E-state index contributed by atoms with van der Waals surface area (Å²) in [4.78, 5) is 11.6. The Hall–Kier alpha value is -1.67. The highest BCUT2D eigenvalue weighted by Crippen LogP contribution is 2.20. The normalized spacial score (nSPS) is 13.2. The van der Waals surface area contributed by atoms with Crippen LogP contribution >= 0.6 is 0 Å². The maximum Gasteiger partial charge on any atom is 0.241 e. The zero-order valence-corrected chi connectivity index (χ0v) is 13.2. The van der Waals surface area contributed by atoms with E-state index in [1.165, 1.54) is 19.9 Å². The number of carbonyl (C=O) groups is 1. The van der Waals surface area contributed by atoms with Crippen LogP contribution in [0.15, 0.2) is 17.0 Å². The van der Waals surface area contributed by atoms with Gasteiger partial charge in [-0.1, -0.05) is 0 Å². The van der Waals surface area contributed by atoms with Gasteiger partial charge in [-0.3, -0.25) is 4.79 Å². The highest BCUT2D eigenvalue weighted by Gasteiger charge is 2.23. The molecule has 0 aliphatic carbocycles. The van der Waals surface area contributed by atoms with Gasteiger partial charge >= 0.3 is 0 Å². The van der Waals surface area contributed by atoms with Crippen molar-refractivity contribution in [3.8, 4) is 0 Å². The first-order valence-corrected chi connectivity index (χ1v) is 7.91.